The predicted molar refractivity (Wildman–Crippen MR) is 101 cm³/mol. The topological polar surface area (TPSA) is 66.0 Å². The molecule has 0 radical (unpaired) electrons. The quantitative estimate of drug-likeness (QED) is 0.431. The van der Waals surface area contributed by atoms with Gasteiger partial charge in [-0.05, 0) is 24.3 Å². The number of amides is 1. The number of aliphatic imine (C=N–C) groups is 1. The van der Waals surface area contributed by atoms with Crippen molar-refractivity contribution in [1.82, 2.24) is 10.2 Å². The van der Waals surface area contributed by atoms with Crippen LogP contribution in [0.4, 0.5) is 18.9 Å². The first kappa shape index (κ1) is 21.1. The molecular weight excluding hydrogens is 373 g/mol. The normalized spacial score (nSPS) is 11.1. The number of nitrogens with one attached hydrogen (secondary N) is 2. The number of hydrogen-bond donors (Lipinski definition) is 2. The maximum Gasteiger partial charge on any atom is 0.243 e. The van der Waals surface area contributed by atoms with E-state index in [1.165, 1.54) is 0 Å². The van der Waals surface area contributed by atoms with Crippen molar-refractivity contribution in [3.63, 3.8) is 0 Å². The van der Waals surface area contributed by atoms with E-state index in [9.17, 15) is 18.0 Å². The number of guanidine groups is 1. The maximum atomic E-state index is 13.6. The van der Waals surface area contributed by atoms with Gasteiger partial charge in [-0.25, -0.2) is 13.2 Å². The summed E-state index contributed by atoms with van der Waals surface area (Å²) in [5, 5.41) is 4.98. The molecule has 0 bridgehead atoms. The molecule has 6 nitrogen and oxygen atoms in total. The second-order valence-electron chi connectivity index (χ2n) is 5.75. The molecule has 0 aliphatic heterocycles. The van der Waals surface area contributed by atoms with Crippen molar-refractivity contribution in [3.05, 3.63) is 59.9 Å². The summed E-state index contributed by atoms with van der Waals surface area (Å²) in [5.41, 5.74) is -0.440. The Kier molecular flexibility index (Phi) is 7.67. The van der Waals surface area contributed by atoms with Crippen LogP contribution in [0.25, 0.3) is 0 Å². The lowest BCUT2D eigenvalue weighted by Gasteiger charge is -2.22. The van der Waals surface area contributed by atoms with E-state index >= 15 is 0 Å². The van der Waals surface area contributed by atoms with Gasteiger partial charge in [0.1, 0.15) is 12.4 Å². The van der Waals surface area contributed by atoms with Crippen molar-refractivity contribution in [3.8, 4) is 5.75 Å². The van der Waals surface area contributed by atoms with Crippen LogP contribution in [-0.2, 0) is 4.79 Å². The van der Waals surface area contributed by atoms with Crippen LogP contribution in [0.15, 0.2) is 47.5 Å². The second kappa shape index (κ2) is 10.2. The molecule has 0 aliphatic rings. The zero-order valence-corrected chi connectivity index (χ0v) is 15.5. The molecule has 0 aliphatic carbocycles. The number of carbonyl (C=O) groups is 1. The first-order valence-corrected chi connectivity index (χ1v) is 8.45. The van der Waals surface area contributed by atoms with Gasteiger partial charge >= 0.3 is 0 Å². The Bertz CT molecular complexity index is 831. The van der Waals surface area contributed by atoms with Crippen LogP contribution >= 0.6 is 0 Å². The lowest BCUT2D eigenvalue weighted by molar-refractivity contribution is -0.115. The van der Waals surface area contributed by atoms with Gasteiger partial charge in [0, 0.05) is 14.1 Å². The second-order valence-corrected chi connectivity index (χ2v) is 5.75. The van der Waals surface area contributed by atoms with Gasteiger partial charge in [0.05, 0.1) is 18.8 Å². The molecule has 0 heterocycles. The highest BCUT2D eigenvalue weighted by molar-refractivity contribution is 5.95. The van der Waals surface area contributed by atoms with Crippen LogP contribution in [0.5, 0.6) is 5.75 Å². The Labute approximate surface area is 161 Å². The monoisotopic (exact) mass is 394 g/mol. The van der Waals surface area contributed by atoms with Gasteiger partial charge in [0.15, 0.2) is 23.4 Å². The SMILES string of the molecule is CN=C(NCC(=O)Nc1ccc(F)c(F)c1F)N(C)CCOc1ccccc1. The van der Waals surface area contributed by atoms with E-state index in [2.05, 4.69) is 15.6 Å². The zero-order valence-electron chi connectivity index (χ0n) is 15.5. The molecular formula is C19H21F3N4O2. The number of para-hydroxylation sites is 1. The van der Waals surface area contributed by atoms with Gasteiger partial charge in [-0.2, -0.15) is 0 Å². The molecule has 2 aromatic carbocycles. The Morgan fingerprint density at radius 2 is 1.82 bits per heavy atom. The number of likely N-dealkylation sites (N-methyl/N-ethyl adjacent to an activating group) is 1. The Morgan fingerprint density at radius 1 is 1.11 bits per heavy atom. The molecule has 9 heteroatoms. The largest absolute Gasteiger partial charge is 0.492 e. The highest BCUT2D eigenvalue weighted by Crippen LogP contribution is 2.19. The molecule has 0 fully saturated rings. The minimum Gasteiger partial charge on any atom is -0.492 e. The molecule has 0 aromatic heterocycles. The van der Waals surface area contributed by atoms with Crippen LogP contribution in [0, 0.1) is 17.5 Å². The van der Waals surface area contributed by atoms with E-state index < -0.39 is 29.0 Å². The van der Waals surface area contributed by atoms with Gasteiger partial charge in [0.25, 0.3) is 0 Å². The number of rotatable bonds is 7. The molecule has 0 saturated heterocycles. The Balaban J connectivity index is 1.80. The van der Waals surface area contributed by atoms with Gasteiger partial charge in [-0.1, -0.05) is 18.2 Å². The fourth-order valence-electron chi connectivity index (χ4n) is 2.28. The summed E-state index contributed by atoms with van der Waals surface area (Å²) in [6.07, 6.45) is 0. The minimum atomic E-state index is -1.64. The number of halogens is 3. The van der Waals surface area contributed by atoms with Gasteiger partial charge in [-0.3, -0.25) is 9.79 Å². The third-order valence-corrected chi connectivity index (χ3v) is 3.73. The minimum absolute atomic E-state index is 0.241. The standard InChI is InChI=1S/C19H21F3N4O2/c1-23-19(26(2)10-11-28-13-6-4-3-5-7-13)24-12-16(27)25-15-9-8-14(20)17(21)18(15)22/h3-9H,10-12H2,1-2H3,(H,23,24)(H,25,27). The van der Waals surface area contributed by atoms with E-state index in [0.29, 0.717) is 19.1 Å². The summed E-state index contributed by atoms with van der Waals surface area (Å²) in [6.45, 7) is 0.649. The lowest BCUT2D eigenvalue weighted by atomic mass is 10.2. The van der Waals surface area contributed by atoms with Crippen LogP contribution in [0.1, 0.15) is 0 Å². The maximum absolute atomic E-state index is 13.6. The fraction of sp³-hybridized carbons (Fsp3) is 0.263. The van der Waals surface area contributed by atoms with Crippen LogP contribution in [0.2, 0.25) is 0 Å². The van der Waals surface area contributed by atoms with Crippen molar-refractivity contribution in [2.75, 3.05) is 39.1 Å². The van der Waals surface area contributed by atoms with Crippen molar-refractivity contribution in [1.29, 1.82) is 0 Å². The first-order chi connectivity index (χ1) is 13.4. The number of anilines is 1. The zero-order chi connectivity index (χ0) is 20.5. The summed E-state index contributed by atoms with van der Waals surface area (Å²) >= 11 is 0. The first-order valence-electron chi connectivity index (χ1n) is 8.45. The van der Waals surface area contributed by atoms with E-state index in [1.807, 2.05) is 30.3 Å². The summed E-state index contributed by atoms with van der Waals surface area (Å²) in [4.78, 5) is 17.7. The Morgan fingerprint density at radius 3 is 2.50 bits per heavy atom. The van der Waals surface area contributed by atoms with Gasteiger partial charge in [0.2, 0.25) is 5.91 Å². The molecule has 2 rings (SSSR count). The molecule has 150 valence electrons. The molecule has 2 aromatic rings. The summed E-state index contributed by atoms with van der Waals surface area (Å²) in [7, 11) is 3.31. The summed E-state index contributed by atoms with van der Waals surface area (Å²) in [6, 6.07) is 11.0. The highest BCUT2D eigenvalue weighted by atomic mass is 19.2. The predicted octanol–water partition coefficient (Wildman–Crippen LogP) is 2.63. The fourth-order valence-corrected chi connectivity index (χ4v) is 2.28. The molecule has 0 atom stereocenters. The molecule has 0 saturated carbocycles. The molecule has 0 unspecified atom stereocenters. The van der Waals surface area contributed by atoms with Crippen LogP contribution in [0.3, 0.4) is 0 Å². The third kappa shape index (κ3) is 5.90. The average molecular weight is 394 g/mol. The highest BCUT2D eigenvalue weighted by Gasteiger charge is 2.15. The van der Waals surface area contributed by atoms with E-state index in [0.717, 1.165) is 17.9 Å². The molecule has 1 amide bonds. The van der Waals surface area contributed by atoms with Crippen molar-refractivity contribution < 1.29 is 22.7 Å². The number of benzene rings is 2. The number of ether oxygens (including phenoxy) is 1. The van der Waals surface area contributed by atoms with E-state index in [1.54, 1.807) is 19.0 Å². The average Bonchev–Trinajstić information content (AvgIpc) is 2.70. The third-order valence-electron chi connectivity index (χ3n) is 3.73. The van der Waals surface area contributed by atoms with E-state index in [-0.39, 0.29) is 6.54 Å². The molecule has 2 N–H and O–H groups in total. The van der Waals surface area contributed by atoms with Gasteiger partial charge < -0.3 is 20.3 Å². The summed E-state index contributed by atoms with van der Waals surface area (Å²) in [5.74, 6) is -3.90. The van der Waals surface area contributed by atoms with Crippen molar-refractivity contribution >= 4 is 17.6 Å². The van der Waals surface area contributed by atoms with Gasteiger partial charge in [-0.15, -0.1) is 0 Å². The smallest absolute Gasteiger partial charge is 0.243 e. The number of hydrogen-bond acceptors (Lipinski definition) is 3. The number of carbonyl (C=O) groups excluding carboxylic acids is 1. The Hall–Kier alpha value is -3.23. The van der Waals surface area contributed by atoms with Crippen LogP contribution in [-0.4, -0.2) is 50.6 Å². The van der Waals surface area contributed by atoms with Crippen LogP contribution < -0.4 is 15.4 Å². The van der Waals surface area contributed by atoms with Crippen molar-refractivity contribution in [2.24, 2.45) is 4.99 Å². The molecule has 28 heavy (non-hydrogen) atoms. The summed E-state index contributed by atoms with van der Waals surface area (Å²) < 4.78 is 45.3. The van der Waals surface area contributed by atoms with Crippen molar-refractivity contribution in [2.45, 2.75) is 0 Å². The molecule has 0 spiro atoms. The van der Waals surface area contributed by atoms with E-state index in [4.69, 9.17) is 4.74 Å². The lowest BCUT2D eigenvalue weighted by Crippen LogP contribution is -2.43. The number of nitrogens with zero attached hydrogens (tertiary/aromatic N) is 2.